The molecule has 0 N–H and O–H groups in total. The average molecular weight is 285 g/mol. The lowest BCUT2D eigenvalue weighted by atomic mass is 9.71. The molecule has 2 rings (SSSR count). The van der Waals surface area contributed by atoms with Gasteiger partial charge in [0.1, 0.15) is 6.61 Å². The molecule has 0 amide bonds. The van der Waals surface area contributed by atoms with Crippen LogP contribution >= 0.6 is 11.6 Å². The first-order valence-electron chi connectivity index (χ1n) is 6.66. The zero-order chi connectivity index (χ0) is 13.2. The van der Waals surface area contributed by atoms with Crippen molar-refractivity contribution in [3.63, 3.8) is 0 Å². The van der Waals surface area contributed by atoms with Crippen LogP contribution in [0.5, 0.6) is 0 Å². The Morgan fingerprint density at radius 3 is 2.56 bits per heavy atom. The van der Waals surface area contributed by atoms with Crippen LogP contribution in [-0.2, 0) is 4.74 Å². The Morgan fingerprint density at radius 1 is 1.28 bits per heavy atom. The Balaban J connectivity index is 1.69. The van der Waals surface area contributed by atoms with Gasteiger partial charge < -0.3 is 4.74 Å². The van der Waals surface area contributed by atoms with Crippen molar-refractivity contribution < 1.29 is 17.9 Å². The van der Waals surface area contributed by atoms with Crippen LogP contribution < -0.4 is 0 Å². The number of rotatable bonds is 6. The number of halogens is 4. The molecule has 2 bridgehead atoms. The van der Waals surface area contributed by atoms with E-state index in [4.69, 9.17) is 11.6 Å². The fraction of sp³-hybridized carbons (Fsp3) is 1.00. The number of alkyl halides is 4. The van der Waals surface area contributed by atoms with E-state index in [2.05, 4.69) is 4.74 Å². The SMILES string of the molecule is FC(F)(F)COCCCC1(CCl)CC2CCC1C2. The molecular weight excluding hydrogens is 265 g/mol. The molecule has 0 aromatic heterocycles. The Morgan fingerprint density at radius 2 is 2.06 bits per heavy atom. The van der Waals surface area contributed by atoms with E-state index in [1.54, 1.807) is 0 Å². The minimum Gasteiger partial charge on any atom is -0.372 e. The lowest BCUT2D eigenvalue weighted by molar-refractivity contribution is -0.174. The number of hydrogen-bond donors (Lipinski definition) is 0. The van der Waals surface area contributed by atoms with Crippen molar-refractivity contribution in [3.05, 3.63) is 0 Å². The van der Waals surface area contributed by atoms with E-state index >= 15 is 0 Å². The van der Waals surface area contributed by atoms with Crippen molar-refractivity contribution in [2.24, 2.45) is 17.3 Å². The summed E-state index contributed by atoms with van der Waals surface area (Å²) in [6.45, 7) is -0.942. The first-order chi connectivity index (χ1) is 8.45. The molecule has 3 atom stereocenters. The standard InChI is InChI=1S/C13H20ClF3O/c14-8-12(7-10-2-3-11(12)6-10)4-1-5-18-9-13(15,16)17/h10-11H,1-9H2. The van der Waals surface area contributed by atoms with E-state index in [-0.39, 0.29) is 12.0 Å². The lowest BCUT2D eigenvalue weighted by Gasteiger charge is -2.36. The number of hydrogen-bond acceptors (Lipinski definition) is 1. The van der Waals surface area contributed by atoms with Gasteiger partial charge in [-0.15, -0.1) is 11.6 Å². The summed E-state index contributed by atoms with van der Waals surface area (Å²) in [5.41, 5.74) is 0.187. The molecule has 2 aliphatic rings. The molecule has 0 heterocycles. The molecular formula is C13H20ClF3O. The Kier molecular flexibility index (Phi) is 4.48. The molecule has 0 aromatic rings. The smallest absolute Gasteiger partial charge is 0.372 e. The second-order valence-electron chi connectivity index (χ2n) is 5.85. The second kappa shape index (κ2) is 5.58. The first-order valence-corrected chi connectivity index (χ1v) is 7.19. The molecule has 3 unspecified atom stereocenters. The van der Waals surface area contributed by atoms with Crippen molar-refractivity contribution in [1.82, 2.24) is 0 Å². The van der Waals surface area contributed by atoms with E-state index in [1.807, 2.05) is 0 Å². The van der Waals surface area contributed by atoms with Crippen molar-refractivity contribution >= 4 is 11.6 Å². The van der Waals surface area contributed by atoms with Crippen LogP contribution in [0.2, 0.25) is 0 Å². The van der Waals surface area contributed by atoms with Gasteiger partial charge in [-0.2, -0.15) is 13.2 Å². The Bertz CT molecular complexity index is 282. The fourth-order valence-corrected chi connectivity index (χ4v) is 4.27. The summed E-state index contributed by atoms with van der Waals surface area (Å²) >= 11 is 6.12. The highest BCUT2D eigenvalue weighted by atomic mass is 35.5. The number of ether oxygens (including phenoxy) is 1. The molecule has 0 saturated heterocycles. The summed E-state index contributed by atoms with van der Waals surface area (Å²) in [5.74, 6) is 2.15. The zero-order valence-corrected chi connectivity index (χ0v) is 11.2. The van der Waals surface area contributed by atoms with Gasteiger partial charge in [0.2, 0.25) is 0 Å². The summed E-state index contributed by atoms with van der Waals surface area (Å²) < 4.78 is 40.4. The topological polar surface area (TPSA) is 9.23 Å². The molecule has 0 spiro atoms. The maximum atomic E-state index is 11.9. The monoisotopic (exact) mass is 284 g/mol. The van der Waals surface area contributed by atoms with Crippen LogP contribution in [0.3, 0.4) is 0 Å². The average Bonchev–Trinajstić information content (AvgIpc) is 2.87. The van der Waals surface area contributed by atoms with E-state index in [9.17, 15) is 13.2 Å². The van der Waals surface area contributed by atoms with Crippen LogP contribution in [0.4, 0.5) is 13.2 Å². The molecule has 1 nitrogen and oxygen atoms in total. The van der Waals surface area contributed by atoms with Gasteiger partial charge in [0, 0.05) is 12.5 Å². The molecule has 2 fully saturated rings. The zero-order valence-electron chi connectivity index (χ0n) is 10.4. The Labute approximate surface area is 111 Å². The van der Waals surface area contributed by atoms with E-state index in [0.717, 1.165) is 12.3 Å². The minimum absolute atomic E-state index is 0.187. The van der Waals surface area contributed by atoms with Crippen molar-refractivity contribution in [2.75, 3.05) is 19.1 Å². The summed E-state index contributed by atoms with van der Waals surface area (Å²) in [4.78, 5) is 0. The van der Waals surface area contributed by atoms with Crippen LogP contribution in [0.25, 0.3) is 0 Å². The van der Waals surface area contributed by atoms with Crippen LogP contribution in [0.1, 0.15) is 38.5 Å². The molecule has 2 aliphatic carbocycles. The van der Waals surface area contributed by atoms with Gasteiger partial charge in [0.15, 0.2) is 0 Å². The third kappa shape index (κ3) is 3.32. The van der Waals surface area contributed by atoms with Gasteiger partial charge in [0.25, 0.3) is 0 Å². The van der Waals surface area contributed by atoms with Gasteiger partial charge >= 0.3 is 6.18 Å². The molecule has 18 heavy (non-hydrogen) atoms. The van der Waals surface area contributed by atoms with Gasteiger partial charge in [0.05, 0.1) is 0 Å². The molecule has 0 aromatic carbocycles. The van der Waals surface area contributed by atoms with Crippen LogP contribution in [0, 0.1) is 17.3 Å². The van der Waals surface area contributed by atoms with Gasteiger partial charge in [-0.3, -0.25) is 0 Å². The summed E-state index contributed by atoms with van der Waals surface area (Å²) in [6, 6.07) is 0. The predicted octanol–water partition coefficient (Wildman–Crippen LogP) is 4.39. The van der Waals surface area contributed by atoms with Crippen molar-refractivity contribution in [3.8, 4) is 0 Å². The summed E-state index contributed by atoms with van der Waals surface area (Å²) in [7, 11) is 0. The highest BCUT2D eigenvalue weighted by Gasteiger charge is 2.49. The third-order valence-electron chi connectivity index (χ3n) is 4.60. The lowest BCUT2D eigenvalue weighted by Crippen LogP contribution is -2.30. The van der Waals surface area contributed by atoms with Gasteiger partial charge in [-0.25, -0.2) is 0 Å². The third-order valence-corrected chi connectivity index (χ3v) is 5.13. The summed E-state index contributed by atoms with van der Waals surface area (Å²) in [6.07, 6.45) is 2.39. The minimum atomic E-state index is -4.21. The highest BCUT2D eigenvalue weighted by Crippen LogP contribution is 2.58. The molecule has 0 aliphatic heterocycles. The number of fused-ring (bicyclic) bond motifs is 2. The fourth-order valence-electron chi connectivity index (χ4n) is 3.81. The van der Waals surface area contributed by atoms with Gasteiger partial charge in [-0.1, -0.05) is 6.42 Å². The maximum absolute atomic E-state index is 11.9. The van der Waals surface area contributed by atoms with E-state index in [1.165, 1.54) is 25.7 Å². The van der Waals surface area contributed by atoms with Crippen LogP contribution in [0.15, 0.2) is 0 Å². The van der Waals surface area contributed by atoms with E-state index in [0.29, 0.717) is 18.2 Å². The second-order valence-corrected chi connectivity index (χ2v) is 6.11. The van der Waals surface area contributed by atoms with E-state index < -0.39 is 12.8 Å². The van der Waals surface area contributed by atoms with Gasteiger partial charge in [-0.05, 0) is 49.4 Å². The molecule has 106 valence electrons. The predicted molar refractivity (Wildman–Crippen MR) is 64.7 cm³/mol. The quantitative estimate of drug-likeness (QED) is 0.519. The van der Waals surface area contributed by atoms with Crippen molar-refractivity contribution in [1.29, 1.82) is 0 Å². The normalized spacial score (nSPS) is 35.3. The highest BCUT2D eigenvalue weighted by molar-refractivity contribution is 6.18. The Hall–Kier alpha value is 0.0400. The molecule has 5 heteroatoms. The first kappa shape index (κ1) is 14.4. The maximum Gasteiger partial charge on any atom is 0.411 e. The largest absolute Gasteiger partial charge is 0.411 e. The summed E-state index contributed by atoms with van der Waals surface area (Å²) in [5, 5.41) is 0. The van der Waals surface area contributed by atoms with Crippen LogP contribution in [-0.4, -0.2) is 25.3 Å². The van der Waals surface area contributed by atoms with Crippen molar-refractivity contribution in [2.45, 2.75) is 44.7 Å². The molecule has 2 saturated carbocycles. The molecule has 0 radical (unpaired) electrons.